The van der Waals surface area contributed by atoms with Crippen molar-refractivity contribution in [1.29, 1.82) is 0 Å². The van der Waals surface area contributed by atoms with Gasteiger partial charge in [0.1, 0.15) is 10.6 Å². The number of hydrogen-bond donors (Lipinski definition) is 1. The molecule has 0 atom stereocenters. The number of nitrogens with zero attached hydrogens (tertiary/aromatic N) is 1. The third-order valence-corrected chi connectivity index (χ3v) is 7.33. The third kappa shape index (κ3) is 6.11. The molecular weight excluding hydrogens is 500 g/mol. The van der Waals surface area contributed by atoms with Gasteiger partial charge in [0.25, 0.3) is 0 Å². The van der Waals surface area contributed by atoms with Crippen molar-refractivity contribution in [1.82, 2.24) is 4.98 Å². The number of nitrogens with one attached hydrogen (secondary N) is 1. The Kier molecular flexibility index (Phi) is 8.23. The van der Waals surface area contributed by atoms with Crippen LogP contribution in [0.2, 0.25) is 5.02 Å². The highest BCUT2D eigenvalue weighted by molar-refractivity contribution is 7.99. The van der Waals surface area contributed by atoms with Crippen molar-refractivity contribution in [3.8, 4) is 17.0 Å². The number of methoxy groups -OCH3 is 1. The van der Waals surface area contributed by atoms with Crippen LogP contribution < -0.4 is 10.1 Å². The zero-order valence-corrected chi connectivity index (χ0v) is 21.6. The Morgan fingerprint density at radius 2 is 1.83 bits per heavy atom. The maximum atomic E-state index is 13.4. The lowest BCUT2D eigenvalue weighted by atomic mass is 10.0. The molecule has 178 valence electrons. The molecule has 0 aliphatic heterocycles. The molecule has 1 N–H and O–H groups in total. The van der Waals surface area contributed by atoms with Crippen molar-refractivity contribution in [2.24, 2.45) is 0 Å². The first-order valence-electron chi connectivity index (χ1n) is 10.9. The maximum absolute atomic E-state index is 13.4. The zero-order chi connectivity index (χ0) is 24.8. The molecule has 0 unspecified atom stereocenters. The van der Waals surface area contributed by atoms with E-state index in [2.05, 4.69) is 17.2 Å². The second-order valence-electron chi connectivity index (χ2n) is 7.54. The van der Waals surface area contributed by atoms with Gasteiger partial charge in [-0.1, -0.05) is 66.3 Å². The van der Waals surface area contributed by atoms with Crippen molar-refractivity contribution in [3.05, 3.63) is 93.8 Å². The quantitative estimate of drug-likeness (QED) is 0.189. The Hall–Kier alpha value is -3.13. The number of hydrogen-bond acceptors (Lipinski definition) is 6. The van der Waals surface area contributed by atoms with E-state index >= 15 is 0 Å². The molecular formula is C27H23ClN2O3S2. The average molecular weight is 523 g/mol. The van der Waals surface area contributed by atoms with E-state index in [1.54, 1.807) is 49.2 Å². The number of aromatic nitrogens is 1. The Labute approximate surface area is 217 Å². The molecule has 3 aromatic carbocycles. The maximum Gasteiger partial charge on any atom is 0.230 e. The van der Waals surface area contributed by atoms with Crippen LogP contribution in [-0.4, -0.2) is 29.5 Å². The molecule has 0 aliphatic carbocycles. The highest BCUT2D eigenvalue weighted by atomic mass is 35.5. The van der Waals surface area contributed by atoms with E-state index in [-0.39, 0.29) is 18.1 Å². The lowest BCUT2D eigenvalue weighted by Crippen LogP contribution is -2.14. The standard InChI is InChI=1S/C27H23ClN2O3S2/c1-3-34-20-13-11-17(12-14-20)15-23(31)29-27-30-24(18-7-6-8-19(16-18)33-2)26(35-27)25(32)21-9-4-5-10-22(21)28/h4-14,16H,3,15H2,1-2H3,(H,29,30,31). The number of amides is 1. The Balaban J connectivity index is 1.63. The van der Waals surface area contributed by atoms with Crippen molar-refractivity contribution in [3.63, 3.8) is 0 Å². The van der Waals surface area contributed by atoms with E-state index in [1.165, 1.54) is 4.90 Å². The van der Waals surface area contributed by atoms with Crippen molar-refractivity contribution in [2.75, 3.05) is 18.2 Å². The van der Waals surface area contributed by atoms with Crippen LogP contribution in [0.3, 0.4) is 0 Å². The second kappa shape index (κ2) is 11.5. The summed E-state index contributed by atoms with van der Waals surface area (Å²) in [5.74, 6) is 1.18. The summed E-state index contributed by atoms with van der Waals surface area (Å²) >= 11 is 9.18. The number of thioether (sulfide) groups is 1. The Morgan fingerprint density at radius 1 is 1.06 bits per heavy atom. The molecule has 1 amide bonds. The fraction of sp³-hybridized carbons (Fsp3) is 0.148. The van der Waals surface area contributed by atoms with Gasteiger partial charge in [0.2, 0.25) is 11.7 Å². The van der Waals surface area contributed by atoms with Gasteiger partial charge in [-0.05, 0) is 47.7 Å². The molecule has 0 saturated carbocycles. The molecule has 4 aromatic rings. The van der Waals surface area contributed by atoms with Gasteiger partial charge in [-0.3, -0.25) is 9.59 Å². The number of thiazole rings is 1. The van der Waals surface area contributed by atoms with Crippen LogP contribution >= 0.6 is 34.7 Å². The molecule has 8 heteroatoms. The minimum absolute atomic E-state index is 0.205. The molecule has 0 bridgehead atoms. The third-order valence-electron chi connectivity index (χ3n) is 5.14. The zero-order valence-electron chi connectivity index (χ0n) is 19.2. The van der Waals surface area contributed by atoms with Crippen LogP contribution in [-0.2, 0) is 11.2 Å². The van der Waals surface area contributed by atoms with Crippen LogP contribution in [0.25, 0.3) is 11.3 Å². The van der Waals surface area contributed by atoms with Crippen molar-refractivity contribution >= 4 is 51.5 Å². The summed E-state index contributed by atoms with van der Waals surface area (Å²) in [5, 5.41) is 3.56. The second-order valence-corrected chi connectivity index (χ2v) is 10.3. The lowest BCUT2D eigenvalue weighted by Gasteiger charge is -2.05. The predicted octanol–water partition coefficient (Wildman–Crippen LogP) is 7.00. The van der Waals surface area contributed by atoms with E-state index in [0.717, 1.165) is 22.7 Å². The summed E-state index contributed by atoms with van der Waals surface area (Å²) in [6.45, 7) is 2.10. The topological polar surface area (TPSA) is 68.3 Å². The molecule has 1 heterocycles. The normalized spacial score (nSPS) is 10.7. The summed E-state index contributed by atoms with van der Waals surface area (Å²) in [7, 11) is 1.58. The number of rotatable bonds is 9. The molecule has 0 radical (unpaired) electrons. The minimum atomic E-state index is -0.254. The minimum Gasteiger partial charge on any atom is -0.497 e. The highest BCUT2D eigenvalue weighted by Gasteiger charge is 2.23. The summed E-state index contributed by atoms with van der Waals surface area (Å²) in [6.07, 6.45) is 0.207. The summed E-state index contributed by atoms with van der Waals surface area (Å²) < 4.78 is 5.34. The molecule has 4 rings (SSSR count). The summed E-state index contributed by atoms with van der Waals surface area (Å²) in [5.41, 5.74) is 2.46. The molecule has 35 heavy (non-hydrogen) atoms. The van der Waals surface area contributed by atoms with Gasteiger partial charge >= 0.3 is 0 Å². The van der Waals surface area contributed by atoms with Crippen molar-refractivity contribution < 1.29 is 14.3 Å². The van der Waals surface area contributed by atoms with Gasteiger partial charge in [0.15, 0.2) is 5.13 Å². The fourth-order valence-electron chi connectivity index (χ4n) is 3.48. The largest absolute Gasteiger partial charge is 0.497 e. The molecule has 0 aliphatic rings. The van der Waals surface area contributed by atoms with Gasteiger partial charge in [-0.2, -0.15) is 0 Å². The average Bonchev–Trinajstić information content (AvgIpc) is 3.29. The summed E-state index contributed by atoms with van der Waals surface area (Å²) in [4.78, 5) is 32.4. The van der Waals surface area contributed by atoms with Gasteiger partial charge < -0.3 is 10.1 Å². The number of halogens is 1. The van der Waals surface area contributed by atoms with Crippen LogP contribution in [0.4, 0.5) is 5.13 Å². The number of anilines is 1. The van der Waals surface area contributed by atoms with E-state index in [9.17, 15) is 9.59 Å². The van der Waals surface area contributed by atoms with Gasteiger partial charge in [0.05, 0.1) is 24.2 Å². The van der Waals surface area contributed by atoms with Crippen molar-refractivity contribution in [2.45, 2.75) is 18.2 Å². The predicted molar refractivity (Wildman–Crippen MR) is 144 cm³/mol. The first-order valence-corrected chi connectivity index (χ1v) is 13.1. The van der Waals surface area contributed by atoms with E-state index in [4.69, 9.17) is 16.3 Å². The van der Waals surface area contributed by atoms with Gasteiger partial charge in [-0.25, -0.2) is 4.98 Å². The highest BCUT2D eigenvalue weighted by Crippen LogP contribution is 2.35. The van der Waals surface area contributed by atoms with Gasteiger partial charge in [-0.15, -0.1) is 11.8 Å². The van der Waals surface area contributed by atoms with Gasteiger partial charge in [0, 0.05) is 16.0 Å². The molecule has 1 aromatic heterocycles. The first-order chi connectivity index (χ1) is 17.0. The SMILES string of the molecule is CCSc1ccc(CC(=O)Nc2nc(-c3cccc(OC)c3)c(C(=O)c3ccccc3Cl)s2)cc1. The molecule has 0 saturated heterocycles. The molecule has 0 fully saturated rings. The smallest absolute Gasteiger partial charge is 0.230 e. The number of carbonyl (C=O) groups excluding carboxylic acids is 2. The number of benzene rings is 3. The molecule has 5 nitrogen and oxygen atoms in total. The molecule has 0 spiro atoms. The van der Waals surface area contributed by atoms with E-state index < -0.39 is 0 Å². The lowest BCUT2D eigenvalue weighted by molar-refractivity contribution is -0.115. The van der Waals surface area contributed by atoms with Crippen LogP contribution in [0, 0.1) is 0 Å². The Morgan fingerprint density at radius 3 is 2.54 bits per heavy atom. The number of ketones is 1. The Bertz CT molecular complexity index is 1350. The fourth-order valence-corrected chi connectivity index (χ4v) is 5.32. The van der Waals surface area contributed by atoms with Crippen LogP contribution in [0.5, 0.6) is 5.75 Å². The summed E-state index contributed by atoms with van der Waals surface area (Å²) in [6, 6.07) is 22.1. The number of carbonyl (C=O) groups is 2. The van der Waals surface area contributed by atoms with E-state index in [0.29, 0.717) is 37.6 Å². The van der Waals surface area contributed by atoms with E-state index in [1.807, 2.05) is 42.5 Å². The number of ether oxygens (including phenoxy) is 1. The first kappa shape index (κ1) is 25.0. The van der Waals surface area contributed by atoms with Crippen LogP contribution in [0.15, 0.2) is 77.7 Å². The van der Waals surface area contributed by atoms with Crippen LogP contribution in [0.1, 0.15) is 27.7 Å². The monoisotopic (exact) mass is 522 g/mol.